The topological polar surface area (TPSA) is 151 Å². The van der Waals surface area contributed by atoms with Gasteiger partial charge in [-0.05, 0) is 24.6 Å². The van der Waals surface area contributed by atoms with E-state index in [1.165, 1.54) is 26.0 Å². The fourth-order valence-corrected chi connectivity index (χ4v) is 2.03. The number of hydrogen-bond acceptors (Lipinski definition) is 5. The molecule has 9 heteroatoms. The average Bonchev–Trinajstić information content (AvgIpc) is 2.53. The van der Waals surface area contributed by atoms with E-state index in [-0.39, 0.29) is 18.7 Å². The van der Waals surface area contributed by atoms with Gasteiger partial charge in [0.2, 0.25) is 23.6 Å². The summed E-state index contributed by atoms with van der Waals surface area (Å²) in [5, 5.41) is 16.6. The van der Waals surface area contributed by atoms with Gasteiger partial charge >= 0.3 is 0 Å². The predicted octanol–water partition coefficient (Wildman–Crippen LogP) is -1.45. The number of benzene rings is 1. The van der Waals surface area contributed by atoms with Crippen molar-refractivity contribution in [1.82, 2.24) is 16.0 Å². The molecule has 0 heterocycles. The summed E-state index contributed by atoms with van der Waals surface area (Å²) in [5.74, 6) is -2.13. The van der Waals surface area contributed by atoms with Crippen molar-refractivity contribution in [2.75, 3.05) is 6.54 Å². The summed E-state index contributed by atoms with van der Waals surface area (Å²) in [5.41, 5.74) is 5.66. The van der Waals surface area contributed by atoms with E-state index in [1.54, 1.807) is 12.1 Å². The third kappa shape index (κ3) is 7.34. The highest BCUT2D eigenvalue weighted by atomic mass is 16.3. The highest BCUT2D eigenvalue weighted by Crippen LogP contribution is 2.11. The number of carbonyl (C=O) groups is 4. The van der Waals surface area contributed by atoms with Crippen molar-refractivity contribution in [2.45, 2.75) is 32.4 Å². The van der Waals surface area contributed by atoms with Gasteiger partial charge in [-0.15, -0.1) is 0 Å². The Labute approximate surface area is 145 Å². The number of nitrogens with one attached hydrogen (secondary N) is 3. The van der Waals surface area contributed by atoms with Crippen LogP contribution in [0.4, 0.5) is 0 Å². The molecule has 1 aromatic carbocycles. The van der Waals surface area contributed by atoms with E-state index in [4.69, 9.17) is 5.73 Å². The SMILES string of the molecule is CC(=O)N[C@@H](Cc1ccc(O)cc1)C(=O)N[C@@H](C)C(=O)NCC(N)=O. The van der Waals surface area contributed by atoms with Crippen LogP contribution in [0.5, 0.6) is 5.75 Å². The van der Waals surface area contributed by atoms with Gasteiger partial charge in [-0.25, -0.2) is 0 Å². The van der Waals surface area contributed by atoms with Crippen LogP contribution in [0.25, 0.3) is 0 Å². The molecule has 0 bridgehead atoms. The second-order valence-electron chi connectivity index (χ2n) is 5.54. The highest BCUT2D eigenvalue weighted by Gasteiger charge is 2.24. The molecule has 0 aliphatic heterocycles. The largest absolute Gasteiger partial charge is 0.508 e. The number of amides is 4. The van der Waals surface area contributed by atoms with Crippen LogP contribution in [0.15, 0.2) is 24.3 Å². The molecule has 0 radical (unpaired) electrons. The van der Waals surface area contributed by atoms with E-state index in [0.29, 0.717) is 0 Å². The third-order valence-electron chi connectivity index (χ3n) is 3.26. The summed E-state index contributed by atoms with van der Waals surface area (Å²) in [6.07, 6.45) is 0.182. The van der Waals surface area contributed by atoms with Crippen LogP contribution in [0.3, 0.4) is 0 Å². The first-order valence-electron chi connectivity index (χ1n) is 7.60. The van der Waals surface area contributed by atoms with Gasteiger partial charge in [0.15, 0.2) is 0 Å². The summed E-state index contributed by atoms with van der Waals surface area (Å²) < 4.78 is 0. The van der Waals surface area contributed by atoms with Crippen LogP contribution in [0, 0.1) is 0 Å². The van der Waals surface area contributed by atoms with Crippen LogP contribution in [0.2, 0.25) is 0 Å². The quantitative estimate of drug-likeness (QED) is 0.388. The van der Waals surface area contributed by atoms with Crippen LogP contribution in [0.1, 0.15) is 19.4 Å². The Kier molecular flexibility index (Phi) is 7.39. The van der Waals surface area contributed by atoms with Gasteiger partial charge in [-0.1, -0.05) is 12.1 Å². The lowest BCUT2D eigenvalue weighted by atomic mass is 10.0. The van der Waals surface area contributed by atoms with Crippen LogP contribution >= 0.6 is 0 Å². The maximum atomic E-state index is 12.4. The molecule has 0 saturated carbocycles. The summed E-state index contributed by atoms with van der Waals surface area (Å²) in [4.78, 5) is 46.1. The van der Waals surface area contributed by atoms with E-state index < -0.39 is 35.7 Å². The lowest BCUT2D eigenvalue weighted by Crippen LogP contribution is -2.53. The monoisotopic (exact) mass is 350 g/mol. The molecule has 0 aliphatic carbocycles. The molecule has 1 rings (SSSR count). The molecule has 2 atom stereocenters. The molecule has 0 spiro atoms. The maximum Gasteiger partial charge on any atom is 0.243 e. The second-order valence-corrected chi connectivity index (χ2v) is 5.54. The fraction of sp³-hybridized carbons (Fsp3) is 0.375. The summed E-state index contributed by atoms with van der Waals surface area (Å²) in [7, 11) is 0. The number of carbonyl (C=O) groups excluding carboxylic acids is 4. The fourth-order valence-electron chi connectivity index (χ4n) is 2.03. The number of primary amides is 1. The van der Waals surface area contributed by atoms with Crippen molar-refractivity contribution in [1.29, 1.82) is 0 Å². The Morgan fingerprint density at radius 1 is 1.08 bits per heavy atom. The zero-order chi connectivity index (χ0) is 19.0. The number of nitrogens with two attached hydrogens (primary N) is 1. The first kappa shape index (κ1) is 19.9. The van der Waals surface area contributed by atoms with Gasteiger partial charge in [-0.2, -0.15) is 0 Å². The van der Waals surface area contributed by atoms with Gasteiger partial charge in [0.05, 0.1) is 6.54 Å². The number of rotatable bonds is 8. The Bertz CT molecular complexity index is 644. The number of hydrogen-bond donors (Lipinski definition) is 5. The molecule has 6 N–H and O–H groups in total. The lowest BCUT2D eigenvalue weighted by molar-refractivity contribution is -0.131. The summed E-state index contributed by atoms with van der Waals surface area (Å²) in [6.45, 7) is 2.39. The van der Waals surface area contributed by atoms with Crippen molar-refractivity contribution in [3.8, 4) is 5.75 Å². The van der Waals surface area contributed by atoms with E-state index >= 15 is 0 Å². The van der Waals surface area contributed by atoms with Gasteiger partial charge in [0.1, 0.15) is 17.8 Å². The molecule has 0 saturated heterocycles. The van der Waals surface area contributed by atoms with Crippen molar-refractivity contribution in [3.05, 3.63) is 29.8 Å². The molecule has 0 fully saturated rings. The number of phenols is 1. The van der Waals surface area contributed by atoms with Gasteiger partial charge in [0, 0.05) is 13.3 Å². The molecule has 0 aliphatic rings. The van der Waals surface area contributed by atoms with Crippen LogP contribution in [-0.2, 0) is 25.6 Å². The Balaban J connectivity index is 2.72. The lowest BCUT2D eigenvalue weighted by Gasteiger charge is -2.20. The molecule has 1 aromatic rings. The van der Waals surface area contributed by atoms with Gasteiger partial charge < -0.3 is 26.8 Å². The average molecular weight is 350 g/mol. The normalized spacial score (nSPS) is 12.6. The zero-order valence-electron chi connectivity index (χ0n) is 14.0. The van der Waals surface area contributed by atoms with E-state index in [2.05, 4.69) is 16.0 Å². The smallest absolute Gasteiger partial charge is 0.243 e. The molecule has 9 nitrogen and oxygen atoms in total. The molecular weight excluding hydrogens is 328 g/mol. The molecule has 136 valence electrons. The third-order valence-corrected chi connectivity index (χ3v) is 3.26. The highest BCUT2D eigenvalue weighted by molar-refractivity contribution is 5.92. The molecule has 0 aromatic heterocycles. The molecule has 0 unspecified atom stereocenters. The van der Waals surface area contributed by atoms with Crippen molar-refractivity contribution in [3.63, 3.8) is 0 Å². The Morgan fingerprint density at radius 2 is 1.68 bits per heavy atom. The first-order chi connectivity index (χ1) is 11.7. The van der Waals surface area contributed by atoms with Crippen molar-refractivity contribution >= 4 is 23.6 Å². The minimum atomic E-state index is -0.914. The maximum absolute atomic E-state index is 12.4. The summed E-state index contributed by atoms with van der Waals surface area (Å²) >= 11 is 0. The van der Waals surface area contributed by atoms with E-state index in [0.717, 1.165) is 5.56 Å². The number of phenolic OH excluding ortho intramolecular Hbond substituents is 1. The minimum absolute atomic E-state index is 0.0871. The first-order valence-corrected chi connectivity index (χ1v) is 7.60. The van der Waals surface area contributed by atoms with Crippen molar-refractivity contribution < 1.29 is 24.3 Å². The predicted molar refractivity (Wildman–Crippen MR) is 89.2 cm³/mol. The van der Waals surface area contributed by atoms with E-state index in [9.17, 15) is 24.3 Å². The molecular formula is C16H22N4O5. The molecule has 25 heavy (non-hydrogen) atoms. The van der Waals surface area contributed by atoms with Crippen LogP contribution in [-0.4, -0.2) is 47.4 Å². The molecule has 4 amide bonds. The van der Waals surface area contributed by atoms with Crippen LogP contribution < -0.4 is 21.7 Å². The van der Waals surface area contributed by atoms with Crippen molar-refractivity contribution in [2.24, 2.45) is 5.73 Å². The van der Waals surface area contributed by atoms with Gasteiger partial charge in [-0.3, -0.25) is 19.2 Å². The second kappa shape index (κ2) is 9.26. The summed E-state index contributed by atoms with van der Waals surface area (Å²) in [6, 6.07) is 4.38. The zero-order valence-corrected chi connectivity index (χ0v) is 14.0. The van der Waals surface area contributed by atoms with Gasteiger partial charge in [0.25, 0.3) is 0 Å². The number of aromatic hydroxyl groups is 1. The Morgan fingerprint density at radius 3 is 2.20 bits per heavy atom. The minimum Gasteiger partial charge on any atom is -0.508 e. The van der Waals surface area contributed by atoms with E-state index in [1.807, 2.05) is 0 Å². The standard InChI is InChI=1S/C16H22N4O5/c1-9(15(24)18-8-14(17)23)19-16(25)13(20-10(2)21)7-11-3-5-12(22)6-4-11/h3-6,9,13,22H,7-8H2,1-2H3,(H2,17,23)(H,18,24)(H,19,25)(H,20,21)/t9-,13-/m0/s1. The Hall–Kier alpha value is -3.10.